The molecule has 0 spiro atoms. The van der Waals surface area contributed by atoms with Gasteiger partial charge in [0.1, 0.15) is 6.54 Å². The van der Waals surface area contributed by atoms with Crippen LogP contribution < -0.4 is 19.7 Å². The maximum Gasteiger partial charge on any atom is 0.339 e. The summed E-state index contributed by atoms with van der Waals surface area (Å²) in [6, 6.07) is 12.5. The largest absolute Gasteiger partial charge is 0.465 e. The van der Waals surface area contributed by atoms with E-state index in [1.165, 1.54) is 7.11 Å². The van der Waals surface area contributed by atoms with Crippen molar-refractivity contribution in [2.45, 2.75) is 6.54 Å². The van der Waals surface area contributed by atoms with Crippen LogP contribution in [0, 0.1) is 0 Å². The minimum atomic E-state index is -0.484. The lowest BCUT2D eigenvalue weighted by Crippen LogP contribution is -3.08. The molecule has 1 atom stereocenters. The number of anilines is 1. The Bertz CT molecular complexity index is 821. The number of nitrogens with one attached hydrogen (secondary N) is 2. The highest BCUT2D eigenvalue weighted by Gasteiger charge is 2.18. The van der Waals surface area contributed by atoms with Crippen molar-refractivity contribution >= 4 is 17.6 Å². The fourth-order valence-electron chi connectivity index (χ4n) is 2.81. The Morgan fingerprint density at radius 2 is 1.92 bits per heavy atom. The normalized spacial score (nSPS) is 13.2. The standard InChI is InChI=1S/C19H20N2O5/c1-21(10-13-7-8-16-17(9-13)26-12-25-16)11-18(22)20-15-6-4-3-5-14(15)19(23)24-2/h3-9H,10-12H2,1-2H3,(H,20,22)/p+1. The summed E-state index contributed by atoms with van der Waals surface area (Å²) in [5, 5.41) is 2.78. The van der Waals surface area contributed by atoms with E-state index >= 15 is 0 Å². The van der Waals surface area contributed by atoms with Gasteiger partial charge in [-0.2, -0.15) is 0 Å². The average molecular weight is 357 g/mol. The lowest BCUT2D eigenvalue weighted by molar-refractivity contribution is -0.885. The van der Waals surface area contributed by atoms with Crippen molar-refractivity contribution in [3.63, 3.8) is 0 Å². The van der Waals surface area contributed by atoms with Crippen LogP contribution in [0.15, 0.2) is 42.5 Å². The van der Waals surface area contributed by atoms with Gasteiger partial charge in [0.15, 0.2) is 18.0 Å². The van der Waals surface area contributed by atoms with Crippen molar-refractivity contribution in [2.75, 3.05) is 32.8 Å². The average Bonchev–Trinajstić information content (AvgIpc) is 3.09. The van der Waals surface area contributed by atoms with E-state index < -0.39 is 5.97 Å². The monoisotopic (exact) mass is 357 g/mol. The number of carbonyl (C=O) groups excluding carboxylic acids is 2. The second kappa shape index (κ2) is 7.88. The molecule has 1 aliphatic rings. The predicted octanol–water partition coefficient (Wildman–Crippen LogP) is 0.855. The topological polar surface area (TPSA) is 78.3 Å². The zero-order valence-corrected chi connectivity index (χ0v) is 14.7. The summed E-state index contributed by atoms with van der Waals surface area (Å²) in [4.78, 5) is 25.1. The third-order valence-corrected chi connectivity index (χ3v) is 4.01. The quantitative estimate of drug-likeness (QED) is 0.750. The molecule has 7 nitrogen and oxygen atoms in total. The third-order valence-electron chi connectivity index (χ3n) is 4.01. The van der Waals surface area contributed by atoms with Crippen molar-refractivity contribution < 1.29 is 28.7 Å². The van der Waals surface area contributed by atoms with Gasteiger partial charge in [-0.3, -0.25) is 4.79 Å². The number of quaternary nitrogens is 1. The molecule has 0 bridgehead atoms. The molecule has 1 unspecified atom stereocenters. The first-order valence-electron chi connectivity index (χ1n) is 8.24. The summed E-state index contributed by atoms with van der Waals surface area (Å²) in [7, 11) is 3.24. The summed E-state index contributed by atoms with van der Waals surface area (Å²) < 4.78 is 15.4. The van der Waals surface area contributed by atoms with Crippen LogP contribution in [-0.2, 0) is 16.1 Å². The number of amides is 1. The Kier molecular flexibility index (Phi) is 5.38. The molecule has 7 heteroatoms. The van der Waals surface area contributed by atoms with Crippen LogP contribution in [0.5, 0.6) is 11.5 Å². The lowest BCUT2D eigenvalue weighted by Gasteiger charge is -2.15. The zero-order chi connectivity index (χ0) is 18.5. The maximum atomic E-state index is 12.3. The Morgan fingerprint density at radius 1 is 1.15 bits per heavy atom. The molecule has 26 heavy (non-hydrogen) atoms. The predicted molar refractivity (Wildman–Crippen MR) is 94.4 cm³/mol. The molecular formula is C19H21N2O5+. The first-order valence-corrected chi connectivity index (χ1v) is 8.24. The van der Waals surface area contributed by atoms with Gasteiger partial charge in [0, 0.05) is 5.56 Å². The minimum Gasteiger partial charge on any atom is -0.465 e. The fourth-order valence-corrected chi connectivity index (χ4v) is 2.81. The molecule has 1 amide bonds. The number of para-hydroxylation sites is 1. The van der Waals surface area contributed by atoms with Gasteiger partial charge >= 0.3 is 5.97 Å². The molecule has 0 saturated heterocycles. The van der Waals surface area contributed by atoms with E-state index in [9.17, 15) is 9.59 Å². The first-order chi connectivity index (χ1) is 12.6. The molecule has 2 aromatic rings. The Balaban J connectivity index is 1.59. The number of likely N-dealkylation sites (N-methyl/N-ethyl adjacent to an activating group) is 1. The molecule has 136 valence electrons. The van der Waals surface area contributed by atoms with Crippen LogP contribution in [0.3, 0.4) is 0 Å². The van der Waals surface area contributed by atoms with E-state index in [4.69, 9.17) is 14.2 Å². The Labute approximate surface area is 151 Å². The number of esters is 1. The molecule has 0 aromatic heterocycles. The minimum absolute atomic E-state index is 0.181. The molecule has 0 aliphatic carbocycles. The van der Waals surface area contributed by atoms with Gasteiger partial charge in [-0.1, -0.05) is 12.1 Å². The number of carbonyl (C=O) groups is 2. The van der Waals surface area contributed by atoms with E-state index in [-0.39, 0.29) is 19.2 Å². The summed E-state index contributed by atoms with van der Waals surface area (Å²) in [6.45, 7) is 1.15. The van der Waals surface area contributed by atoms with Crippen molar-refractivity contribution in [1.29, 1.82) is 0 Å². The lowest BCUT2D eigenvalue weighted by atomic mass is 10.1. The van der Waals surface area contributed by atoms with Gasteiger partial charge in [0.25, 0.3) is 5.91 Å². The van der Waals surface area contributed by atoms with Crippen LogP contribution in [0.25, 0.3) is 0 Å². The van der Waals surface area contributed by atoms with Crippen molar-refractivity contribution in [1.82, 2.24) is 0 Å². The van der Waals surface area contributed by atoms with Gasteiger partial charge in [0.2, 0.25) is 6.79 Å². The summed E-state index contributed by atoms with van der Waals surface area (Å²) in [5.74, 6) is 0.803. The van der Waals surface area contributed by atoms with E-state index in [0.29, 0.717) is 17.8 Å². The summed E-state index contributed by atoms with van der Waals surface area (Å²) in [6.07, 6.45) is 0. The number of benzene rings is 2. The van der Waals surface area contributed by atoms with E-state index in [2.05, 4.69) is 5.32 Å². The van der Waals surface area contributed by atoms with Crippen molar-refractivity contribution in [3.05, 3.63) is 53.6 Å². The number of fused-ring (bicyclic) bond motifs is 1. The molecule has 1 aliphatic heterocycles. The van der Waals surface area contributed by atoms with E-state index in [1.807, 2.05) is 25.2 Å². The number of ether oxygens (including phenoxy) is 3. The smallest absolute Gasteiger partial charge is 0.339 e. The molecule has 2 aromatic carbocycles. The van der Waals surface area contributed by atoms with Gasteiger partial charge < -0.3 is 24.4 Å². The zero-order valence-electron chi connectivity index (χ0n) is 14.7. The molecule has 0 saturated carbocycles. The van der Waals surface area contributed by atoms with E-state index in [0.717, 1.165) is 22.0 Å². The maximum absolute atomic E-state index is 12.3. The second-order valence-electron chi connectivity index (χ2n) is 6.08. The third kappa shape index (κ3) is 4.12. The number of methoxy groups -OCH3 is 1. The van der Waals surface area contributed by atoms with Crippen LogP contribution in [0.2, 0.25) is 0 Å². The highest BCUT2D eigenvalue weighted by atomic mass is 16.7. The highest BCUT2D eigenvalue weighted by molar-refractivity contribution is 6.01. The Hall–Kier alpha value is -3.06. The molecule has 2 N–H and O–H groups in total. The van der Waals surface area contributed by atoms with Crippen molar-refractivity contribution in [2.24, 2.45) is 0 Å². The first kappa shape index (κ1) is 17.8. The summed E-state index contributed by atoms with van der Waals surface area (Å²) in [5.41, 5.74) is 1.83. The van der Waals surface area contributed by atoms with Gasteiger partial charge in [-0.15, -0.1) is 0 Å². The van der Waals surface area contributed by atoms with Gasteiger partial charge in [-0.05, 0) is 30.3 Å². The van der Waals surface area contributed by atoms with Crippen LogP contribution in [0.4, 0.5) is 5.69 Å². The Morgan fingerprint density at radius 3 is 2.73 bits per heavy atom. The van der Waals surface area contributed by atoms with Crippen molar-refractivity contribution in [3.8, 4) is 11.5 Å². The summed E-state index contributed by atoms with van der Waals surface area (Å²) >= 11 is 0. The molecule has 1 heterocycles. The molecule has 3 rings (SSSR count). The van der Waals surface area contributed by atoms with E-state index in [1.54, 1.807) is 24.3 Å². The van der Waals surface area contributed by atoms with Crippen LogP contribution >= 0.6 is 0 Å². The molecule has 0 fully saturated rings. The van der Waals surface area contributed by atoms with Crippen LogP contribution in [-0.4, -0.2) is 39.4 Å². The molecular weight excluding hydrogens is 336 g/mol. The second-order valence-corrected chi connectivity index (χ2v) is 6.08. The van der Waals surface area contributed by atoms with Crippen LogP contribution in [0.1, 0.15) is 15.9 Å². The fraction of sp³-hybridized carbons (Fsp3) is 0.263. The van der Waals surface area contributed by atoms with Gasteiger partial charge in [-0.25, -0.2) is 4.79 Å². The number of hydrogen-bond acceptors (Lipinski definition) is 5. The molecule has 0 radical (unpaired) electrons. The van der Waals surface area contributed by atoms with Gasteiger partial charge in [0.05, 0.1) is 25.4 Å². The number of rotatable bonds is 6. The SMILES string of the molecule is COC(=O)c1ccccc1NC(=O)C[NH+](C)Cc1ccc2c(c1)OCO2. The number of hydrogen-bond donors (Lipinski definition) is 2. The highest BCUT2D eigenvalue weighted by Crippen LogP contribution is 2.32.